The van der Waals surface area contributed by atoms with Gasteiger partial charge in [0.2, 0.25) is 5.95 Å². The number of nitrogens with one attached hydrogen (secondary N) is 1. The van der Waals surface area contributed by atoms with E-state index in [0.717, 1.165) is 0 Å². The molecule has 222 valence electrons. The lowest BCUT2D eigenvalue weighted by Gasteiger charge is -2.25. The SMILES string of the molecule is C=C1C2OCC[C@H]3[C@@H](O)[C@H](n4cnc5c(N)ncnc54)O[C@@H]3COP(=O)(O)O[C@H]1[C@H](n1cnc3c(=O)[nH]c(N)nc31)O2. The summed E-state index contributed by atoms with van der Waals surface area (Å²) in [4.78, 5) is 45.9. The van der Waals surface area contributed by atoms with E-state index < -0.39 is 63.0 Å². The maximum Gasteiger partial charge on any atom is 0.473 e. The Labute approximate surface area is 234 Å². The standard InChI is InChI=1S/C22H25N10O9P/c1-8-14-20(32-7-28-12-17(32)29-22(24)30-18(12)34)40-21(8)37-3-2-9-10(4-38-42(35,36)41-14)39-19(13(9)33)31-6-27-11-15(23)25-5-26-16(11)31/h5-7,9-10,13-14,19-21,33H,1-4H2,(H,35,36)(H2,23,25,26)(H3,24,29,30,34)/t9-,10-,13-,14-,19-,20-,21?/m1/s1. The Morgan fingerprint density at radius 3 is 2.64 bits per heavy atom. The van der Waals surface area contributed by atoms with Crippen LogP contribution in [0, 0.1) is 5.92 Å². The molecule has 19 nitrogen and oxygen atoms in total. The van der Waals surface area contributed by atoms with Crippen molar-refractivity contribution in [3.63, 3.8) is 0 Å². The van der Waals surface area contributed by atoms with Crippen LogP contribution in [0.5, 0.6) is 0 Å². The minimum Gasteiger partial charge on any atom is -0.388 e. The number of imidazole rings is 2. The fourth-order valence-electron chi connectivity index (χ4n) is 5.46. The Bertz CT molecular complexity index is 1810. The Morgan fingerprint density at radius 1 is 1.07 bits per heavy atom. The van der Waals surface area contributed by atoms with Gasteiger partial charge < -0.3 is 35.7 Å². The maximum absolute atomic E-state index is 13.2. The highest BCUT2D eigenvalue weighted by Gasteiger charge is 2.50. The number of aliphatic hydroxyl groups is 1. The highest BCUT2D eigenvalue weighted by molar-refractivity contribution is 7.47. The molecule has 3 aliphatic heterocycles. The van der Waals surface area contributed by atoms with Gasteiger partial charge in [-0.1, -0.05) is 6.58 Å². The Kier molecular flexibility index (Phi) is 6.37. The summed E-state index contributed by atoms with van der Waals surface area (Å²) < 4.78 is 45.0. The van der Waals surface area contributed by atoms with Crippen molar-refractivity contribution in [2.75, 3.05) is 24.7 Å². The Morgan fingerprint density at radius 2 is 1.83 bits per heavy atom. The first-order valence-electron chi connectivity index (χ1n) is 12.7. The minimum atomic E-state index is -4.80. The predicted octanol–water partition coefficient (Wildman–Crippen LogP) is -0.668. The van der Waals surface area contributed by atoms with Gasteiger partial charge in [0.15, 0.2) is 41.4 Å². The van der Waals surface area contributed by atoms with E-state index in [9.17, 15) is 19.4 Å². The van der Waals surface area contributed by atoms with E-state index in [1.54, 1.807) is 0 Å². The van der Waals surface area contributed by atoms with Crippen LogP contribution in [0.25, 0.3) is 22.3 Å². The molecule has 3 fully saturated rings. The highest BCUT2D eigenvalue weighted by Crippen LogP contribution is 2.52. The van der Waals surface area contributed by atoms with Gasteiger partial charge in [-0.25, -0.2) is 24.5 Å². The molecule has 0 saturated carbocycles. The molecule has 0 radical (unpaired) electrons. The zero-order valence-electron chi connectivity index (χ0n) is 21.6. The van der Waals surface area contributed by atoms with Crippen LogP contribution in [0.1, 0.15) is 18.9 Å². The third kappa shape index (κ3) is 4.38. The number of aromatic nitrogens is 8. The van der Waals surface area contributed by atoms with Crippen molar-refractivity contribution in [2.24, 2.45) is 5.92 Å². The number of aromatic amines is 1. The first-order valence-corrected chi connectivity index (χ1v) is 14.2. The molecule has 8 atom stereocenters. The van der Waals surface area contributed by atoms with E-state index in [2.05, 4.69) is 36.5 Å². The third-order valence-corrected chi connectivity index (χ3v) is 8.44. The fourth-order valence-corrected chi connectivity index (χ4v) is 6.38. The smallest absolute Gasteiger partial charge is 0.388 e. The van der Waals surface area contributed by atoms with E-state index >= 15 is 0 Å². The van der Waals surface area contributed by atoms with Crippen LogP contribution < -0.4 is 17.0 Å². The van der Waals surface area contributed by atoms with Crippen molar-refractivity contribution in [1.82, 2.24) is 39.0 Å². The zero-order valence-corrected chi connectivity index (χ0v) is 22.5. The van der Waals surface area contributed by atoms with Crippen LogP contribution in [0.2, 0.25) is 0 Å². The van der Waals surface area contributed by atoms with Gasteiger partial charge in [-0.05, 0) is 6.42 Å². The Balaban J connectivity index is 1.17. The molecule has 20 heteroatoms. The number of phosphoric acid groups is 1. The monoisotopic (exact) mass is 604 g/mol. The Hall–Kier alpha value is -3.81. The van der Waals surface area contributed by atoms with E-state index in [0.29, 0.717) is 11.2 Å². The van der Waals surface area contributed by atoms with Gasteiger partial charge in [-0.2, -0.15) is 4.98 Å². The zero-order chi connectivity index (χ0) is 29.3. The van der Waals surface area contributed by atoms with Crippen LogP contribution in [0.4, 0.5) is 11.8 Å². The molecule has 3 aliphatic rings. The van der Waals surface area contributed by atoms with Gasteiger partial charge >= 0.3 is 7.82 Å². The molecular weight excluding hydrogens is 579 g/mol. The van der Waals surface area contributed by atoms with Gasteiger partial charge in [0.1, 0.15) is 24.1 Å². The number of hydrogen-bond donors (Lipinski definition) is 5. The number of rotatable bonds is 2. The van der Waals surface area contributed by atoms with Crippen molar-refractivity contribution in [3.05, 3.63) is 41.5 Å². The van der Waals surface area contributed by atoms with Crippen molar-refractivity contribution in [2.45, 2.75) is 43.5 Å². The molecule has 0 spiro atoms. The molecule has 2 unspecified atom stereocenters. The van der Waals surface area contributed by atoms with Crippen molar-refractivity contribution >= 4 is 41.9 Å². The number of ether oxygens (including phenoxy) is 3. The largest absolute Gasteiger partial charge is 0.473 e. The molecule has 0 amide bonds. The number of hydrogen-bond acceptors (Lipinski definition) is 15. The number of nitrogen functional groups attached to an aromatic ring is 2. The molecule has 7 rings (SSSR count). The topological polar surface area (TPSA) is 263 Å². The molecule has 7 N–H and O–H groups in total. The van der Waals surface area contributed by atoms with Gasteiger partial charge in [-0.3, -0.25) is 28.0 Å². The number of phosphoric ester groups is 1. The first-order chi connectivity index (χ1) is 20.1. The molecule has 42 heavy (non-hydrogen) atoms. The van der Waals surface area contributed by atoms with E-state index in [-0.39, 0.29) is 41.5 Å². The quantitative estimate of drug-likeness (QED) is 0.140. The molecule has 3 saturated heterocycles. The summed E-state index contributed by atoms with van der Waals surface area (Å²) in [6, 6.07) is 0. The van der Waals surface area contributed by atoms with Gasteiger partial charge in [0, 0.05) is 11.5 Å². The second-order valence-electron chi connectivity index (χ2n) is 9.96. The summed E-state index contributed by atoms with van der Waals surface area (Å²) in [5, 5.41) is 11.3. The minimum absolute atomic E-state index is 0.0313. The summed E-state index contributed by atoms with van der Waals surface area (Å²) in [5.74, 6) is -0.610. The number of aliphatic hydroxyl groups excluding tert-OH is 1. The normalized spacial score (nSPS) is 34.0. The maximum atomic E-state index is 13.2. The second kappa shape index (κ2) is 9.89. The number of fused-ring (bicyclic) bond motifs is 5. The molecule has 7 heterocycles. The van der Waals surface area contributed by atoms with Crippen LogP contribution in [0.3, 0.4) is 0 Å². The second-order valence-corrected chi connectivity index (χ2v) is 11.4. The number of nitrogens with zero attached hydrogens (tertiary/aromatic N) is 7. The lowest BCUT2D eigenvalue weighted by Crippen LogP contribution is -2.31. The van der Waals surface area contributed by atoms with E-state index in [4.69, 9.17) is 34.7 Å². The lowest BCUT2D eigenvalue weighted by molar-refractivity contribution is -0.147. The van der Waals surface area contributed by atoms with Crippen molar-refractivity contribution < 1.29 is 37.8 Å². The van der Waals surface area contributed by atoms with Crippen molar-refractivity contribution in [1.29, 1.82) is 0 Å². The van der Waals surface area contributed by atoms with Crippen LogP contribution >= 0.6 is 7.82 Å². The van der Waals surface area contributed by atoms with Crippen LogP contribution in [0.15, 0.2) is 35.9 Å². The summed E-state index contributed by atoms with van der Waals surface area (Å²) in [7, 11) is -4.80. The molecule has 0 aromatic carbocycles. The highest BCUT2D eigenvalue weighted by atomic mass is 31.2. The molecular formula is C22H25N10O9P. The average molecular weight is 604 g/mol. The summed E-state index contributed by atoms with van der Waals surface area (Å²) in [5.41, 5.74) is 11.9. The fraction of sp³-hybridized carbons (Fsp3) is 0.455. The third-order valence-electron chi connectivity index (χ3n) is 7.47. The van der Waals surface area contributed by atoms with E-state index in [1.165, 1.54) is 28.1 Å². The van der Waals surface area contributed by atoms with Crippen LogP contribution in [-0.4, -0.2) is 86.9 Å². The summed E-state index contributed by atoms with van der Waals surface area (Å²) in [6.45, 7) is 3.62. The lowest BCUT2D eigenvalue weighted by atomic mass is 9.95. The molecule has 4 aromatic rings. The number of anilines is 2. The number of nitrogens with two attached hydrogens (primary N) is 2. The summed E-state index contributed by atoms with van der Waals surface area (Å²) in [6.07, 6.45) is -2.26. The van der Waals surface area contributed by atoms with Crippen LogP contribution in [-0.2, 0) is 27.8 Å². The number of H-pyrrole nitrogens is 1. The summed E-state index contributed by atoms with van der Waals surface area (Å²) >= 11 is 0. The van der Waals surface area contributed by atoms with Crippen molar-refractivity contribution in [3.8, 4) is 0 Å². The van der Waals surface area contributed by atoms with Gasteiger partial charge in [-0.15, -0.1) is 0 Å². The predicted molar refractivity (Wildman–Crippen MR) is 140 cm³/mol. The average Bonchev–Trinajstić information content (AvgIpc) is 3.69. The molecule has 2 bridgehead atoms. The molecule has 0 aliphatic carbocycles. The van der Waals surface area contributed by atoms with Gasteiger partial charge in [0.25, 0.3) is 5.56 Å². The van der Waals surface area contributed by atoms with Gasteiger partial charge in [0.05, 0.1) is 32.0 Å². The first kappa shape index (κ1) is 27.0. The molecule has 4 aromatic heterocycles. The van der Waals surface area contributed by atoms with E-state index in [1.807, 2.05) is 0 Å².